The van der Waals surface area contributed by atoms with Crippen LogP contribution < -0.4 is 10.6 Å². The SMILES string of the molecule is COC(=O)c1cocc1CNCCCNC(=O)OC(C)(C)C. The summed E-state index contributed by atoms with van der Waals surface area (Å²) in [5.74, 6) is -0.419. The number of esters is 1. The average Bonchev–Trinajstić information content (AvgIpc) is 2.88. The summed E-state index contributed by atoms with van der Waals surface area (Å²) < 4.78 is 14.8. The van der Waals surface area contributed by atoms with Gasteiger partial charge in [0.1, 0.15) is 17.4 Å². The van der Waals surface area contributed by atoms with Gasteiger partial charge in [0.05, 0.1) is 13.4 Å². The Hall–Kier alpha value is -2.02. The number of alkyl carbamates (subject to hydrolysis) is 1. The first-order valence-corrected chi connectivity index (χ1v) is 7.14. The third kappa shape index (κ3) is 6.62. The third-order valence-electron chi connectivity index (χ3n) is 2.66. The van der Waals surface area contributed by atoms with Crippen molar-refractivity contribution in [1.82, 2.24) is 10.6 Å². The van der Waals surface area contributed by atoms with Crippen molar-refractivity contribution >= 4 is 12.1 Å². The molecular formula is C15H24N2O5. The number of rotatable bonds is 7. The van der Waals surface area contributed by atoms with E-state index in [0.717, 1.165) is 12.0 Å². The van der Waals surface area contributed by atoms with Crippen molar-refractivity contribution in [1.29, 1.82) is 0 Å². The molecule has 0 saturated carbocycles. The van der Waals surface area contributed by atoms with Crippen molar-refractivity contribution in [2.45, 2.75) is 39.3 Å². The van der Waals surface area contributed by atoms with E-state index in [9.17, 15) is 9.59 Å². The van der Waals surface area contributed by atoms with Crippen LogP contribution in [0.3, 0.4) is 0 Å². The zero-order chi connectivity index (χ0) is 16.6. The van der Waals surface area contributed by atoms with E-state index >= 15 is 0 Å². The quantitative estimate of drug-likeness (QED) is 0.592. The van der Waals surface area contributed by atoms with E-state index in [1.165, 1.54) is 19.6 Å². The van der Waals surface area contributed by atoms with Crippen LogP contribution in [-0.2, 0) is 16.0 Å². The predicted octanol–water partition coefficient (Wildman–Crippen LogP) is 2.07. The molecule has 7 heteroatoms. The smallest absolute Gasteiger partial charge is 0.407 e. The topological polar surface area (TPSA) is 89.8 Å². The summed E-state index contributed by atoms with van der Waals surface area (Å²) >= 11 is 0. The Morgan fingerprint density at radius 3 is 2.59 bits per heavy atom. The summed E-state index contributed by atoms with van der Waals surface area (Å²) in [5.41, 5.74) is 0.669. The molecule has 2 N–H and O–H groups in total. The minimum atomic E-state index is -0.492. The Balaban J connectivity index is 2.18. The monoisotopic (exact) mass is 312 g/mol. The number of carbonyl (C=O) groups is 2. The molecule has 22 heavy (non-hydrogen) atoms. The van der Waals surface area contributed by atoms with E-state index in [-0.39, 0.29) is 0 Å². The molecular weight excluding hydrogens is 288 g/mol. The highest BCUT2D eigenvalue weighted by Gasteiger charge is 2.15. The summed E-state index contributed by atoms with van der Waals surface area (Å²) in [6.45, 7) is 7.14. The highest BCUT2D eigenvalue weighted by atomic mass is 16.6. The van der Waals surface area contributed by atoms with Crippen LogP contribution in [0.25, 0.3) is 0 Å². The lowest BCUT2D eigenvalue weighted by Gasteiger charge is -2.19. The average molecular weight is 312 g/mol. The van der Waals surface area contributed by atoms with Gasteiger partial charge in [0.15, 0.2) is 0 Å². The maximum absolute atomic E-state index is 11.4. The fraction of sp³-hybridized carbons (Fsp3) is 0.600. The molecule has 124 valence electrons. The van der Waals surface area contributed by atoms with Crippen molar-refractivity contribution in [3.8, 4) is 0 Å². The Kier molecular flexibility index (Phi) is 6.91. The molecule has 7 nitrogen and oxygen atoms in total. The van der Waals surface area contributed by atoms with Crippen LogP contribution in [-0.4, -0.2) is 37.9 Å². The summed E-state index contributed by atoms with van der Waals surface area (Å²) in [7, 11) is 1.33. The Morgan fingerprint density at radius 2 is 1.95 bits per heavy atom. The minimum absolute atomic E-state index is 0.418. The van der Waals surface area contributed by atoms with Crippen LogP contribution in [0.4, 0.5) is 4.79 Å². The molecule has 0 aromatic carbocycles. The van der Waals surface area contributed by atoms with Gasteiger partial charge in [-0.2, -0.15) is 0 Å². The largest absolute Gasteiger partial charge is 0.471 e. The number of nitrogens with one attached hydrogen (secondary N) is 2. The Labute approximate surface area is 130 Å². The number of furan rings is 1. The molecule has 0 unspecified atom stereocenters. The lowest BCUT2D eigenvalue weighted by Crippen LogP contribution is -2.33. The van der Waals surface area contributed by atoms with Gasteiger partial charge in [0.2, 0.25) is 0 Å². The van der Waals surface area contributed by atoms with Gasteiger partial charge in [-0.05, 0) is 33.7 Å². The molecule has 1 amide bonds. The summed E-state index contributed by atoms with van der Waals surface area (Å²) in [6, 6.07) is 0. The molecule has 1 aromatic heterocycles. The molecule has 1 rings (SSSR count). The highest BCUT2D eigenvalue weighted by Crippen LogP contribution is 2.11. The van der Waals surface area contributed by atoms with E-state index in [1.54, 1.807) is 0 Å². The van der Waals surface area contributed by atoms with E-state index in [1.807, 2.05) is 20.8 Å². The van der Waals surface area contributed by atoms with Gasteiger partial charge in [-0.3, -0.25) is 0 Å². The first kappa shape index (κ1) is 18.0. The van der Waals surface area contributed by atoms with Crippen LogP contribution in [0.5, 0.6) is 0 Å². The fourth-order valence-electron chi connectivity index (χ4n) is 1.69. The highest BCUT2D eigenvalue weighted by molar-refractivity contribution is 5.90. The van der Waals surface area contributed by atoms with Crippen molar-refractivity contribution in [3.05, 3.63) is 23.7 Å². The molecule has 0 spiro atoms. The first-order valence-electron chi connectivity index (χ1n) is 7.14. The van der Waals surface area contributed by atoms with E-state index in [0.29, 0.717) is 25.2 Å². The normalized spacial score (nSPS) is 11.1. The van der Waals surface area contributed by atoms with Gasteiger partial charge in [0, 0.05) is 18.7 Å². The number of hydrogen-bond donors (Lipinski definition) is 2. The van der Waals surface area contributed by atoms with E-state index in [2.05, 4.69) is 15.4 Å². The summed E-state index contributed by atoms with van der Waals surface area (Å²) in [5, 5.41) is 5.85. The van der Waals surface area contributed by atoms with E-state index in [4.69, 9.17) is 9.15 Å². The second kappa shape index (κ2) is 8.43. The molecule has 0 atom stereocenters. The lowest BCUT2D eigenvalue weighted by molar-refractivity contribution is 0.0525. The summed E-state index contributed by atoms with van der Waals surface area (Å²) in [4.78, 5) is 22.9. The molecule has 0 fully saturated rings. The van der Waals surface area contributed by atoms with Crippen molar-refractivity contribution < 1.29 is 23.5 Å². The van der Waals surface area contributed by atoms with Crippen molar-refractivity contribution in [2.24, 2.45) is 0 Å². The second-order valence-electron chi connectivity index (χ2n) is 5.76. The lowest BCUT2D eigenvalue weighted by atomic mass is 10.2. The molecule has 0 bridgehead atoms. The zero-order valence-corrected chi connectivity index (χ0v) is 13.5. The van der Waals surface area contributed by atoms with E-state index < -0.39 is 17.7 Å². The minimum Gasteiger partial charge on any atom is -0.471 e. The van der Waals surface area contributed by atoms with Gasteiger partial charge < -0.3 is 24.5 Å². The molecule has 0 saturated heterocycles. The molecule has 0 aliphatic heterocycles. The van der Waals surface area contributed by atoms with Crippen LogP contribution in [0, 0.1) is 0 Å². The van der Waals surface area contributed by atoms with Crippen molar-refractivity contribution in [3.63, 3.8) is 0 Å². The third-order valence-corrected chi connectivity index (χ3v) is 2.66. The Morgan fingerprint density at radius 1 is 1.23 bits per heavy atom. The molecule has 1 heterocycles. The maximum atomic E-state index is 11.4. The number of methoxy groups -OCH3 is 1. The Bertz CT molecular complexity index is 490. The second-order valence-corrected chi connectivity index (χ2v) is 5.76. The van der Waals surface area contributed by atoms with Gasteiger partial charge in [-0.1, -0.05) is 0 Å². The van der Waals surface area contributed by atoms with Gasteiger partial charge in [0.25, 0.3) is 0 Å². The molecule has 0 aliphatic rings. The number of hydrogen-bond acceptors (Lipinski definition) is 6. The first-order chi connectivity index (χ1) is 10.3. The predicted molar refractivity (Wildman–Crippen MR) is 80.6 cm³/mol. The van der Waals surface area contributed by atoms with Crippen LogP contribution in [0.2, 0.25) is 0 Å². The number of amides is 1. The van der Waals surface area contributed by atoms with Crippen LogP contribution in [0.1, 0.15) is 43.1 Å². The fourth-order valence-corrected chi connectivity index (χ4v) is 1.69. The van der Waals surface area contributed by atoms with Crippen LogP contribution in [0.15, 0.2) is 16.9 Å². The molecule has 0 aliphatic carbocycles. The number of carbonyl (C=O) groups excluding carboxylic acids is 2. The van der Waals surface area contributed by atoms with Gasteiger partial charge in [-0.15, -0.1) is 0 Å². The van der Waals surface area contributed by atoms with Crippen molar-refractivity contribution in [2.75, 3.05) is 20.2 Å². The standard InChI is InChI=1S/C15H24N2O5/c1-15(2,3)22-14(19)17-7-5-6-16-8-11-9-21-10-12(11)13(18)20-4/h9-10,16H,5-8H2,1-4H3,(H,17,19). The number of ether oxygens (including phenoxy) is 2. The van der Waals surface area contributed by atoms with Gasteiger partial charge in [-0.25, -0.2) is 9.59 Å². The maximum Gasteiger partial charge on any atom is 0.407 e. The molecule has 0 radical (unpaired) electrons. The molecule has 1 aromatic rings. The van der Waals surface area contributed by atoms with Gasteiger partial charge >= 0.3 is 12.1 Å². The van der Waals surface area contributed by atoms with Crippen LogP contribution >= 0.6 is 0 Å². The zero-order valence-electron chi connectivity index (χ0n) is 13.5. The summed E-state index contributed by atoms with van der Waals surface area (Å²) in [6.07, 6.45) is 3.20.